The molecule has 1 aliphatic heterocycles. The van der Waals surface area contributed by atoms with Gasteiger partial charge in [0.25, 0.3) is 0 Å². The van der Waals surface area contributed by atoms with E-state index in [4.69, 9.17) is 4.74 Å². The highest BCUT2D eigenvalue weighted by Gasteiger charge is 2.28. The van der Waals surface area contributed by atoms with Gasteiger partial charge < -0.3 is 15.0 Å². The van der Waals surface area contributed by atoms with Crippen LogP contribution >= 0.6 is 33.9 Å². The minimum atomic E-state index is -0.0826. The first-order valence-corrected chi connectivity index (χ1v) is 9.90. The third kappa shape index (κ3) is 5.63. The third-order valence-electron chi connectivity index (χ3n) is 3.84. The molecule has 5 nitrogen and oxygen atoms in total. The van der Waals surface area contributed by atoms with E-state index in [1.807, 2.05) is 18.3 Å². The van der Waals surface area contributed by atoms with Crippen LogP contribution in [0.3, 0.4) is 0 Å². The maximum absolute atomic E-state index is 11.9. The Morgan fingerprint density at radius 1 is 1.57 bits per heavy atom. The van der Waals surface area contributed by atoms with Gasteiger partial charge in [0.15, 0.2) is 5.96 Å². The van der Waals surface area contributed by atoms with E-state index in [-0.39, 0.29) is 11.9 Å². The molecule has 1 atom stereocenters. The predicted molar refractivity (Wildman–Crippen MR) is 103 cm³/mol. The quantitative estimate of drug-likeness (QED) is 0.325. The van der Waals surface area contributed by atoms with Gasteiger partial charge in [0.05, 0.1) is 15.4 Å². The normalized spacial score (nSPS) is 18.8. The number of esters is 1. The number of nitrogens with one attached hydrogen (secondary N) is 1. The molecule has 23 heavy (non-hydrogen) atoms. The average Bonchev–Trinajstić information content (AvgIpc) is 2.97. The Kier molecular flexibility index (Phi) is 7.61. The zero-order chi connectivity index (χ0) is 16.7. The van der Waals surface area contributed by atoms with Crippen LogP contribution in [0.2, 0.25) is 0 Å². The first-order chi connectivity index (χ1) is 11.1. The zero-order valence-corrected chi connectivity index (χ0v) is 16.7. The molecule has 0 aliphatic carbocycles. The molecule has 0 aromatic carbocycles. The van der Waals surface area contributed by atoms with E-state index < -0.39 is 0 Å². The van der Waals surface area contributed by atoms with Crippen molar-refractivity contribution in [3.63, 3.8) is 0 Å². The molecule has 1 unspecified atom stereocenters. The average molecular weight is 449 g/mol. The summed E-state index contributed by atoms with van der Waals surface area (Å²) in [4.78, 5) is 19.9. The van der Waals surface area contributed by atoms with E-state index in [2.05, 4.69) is 49.9 Å². The van der Waals surface area contributed by atoms with Crippen LogP contribution in [0.5, 0.6) is 0 Å². The number of rotatable bonds is 5. The summed E-state index contributed by atoms with van der Waals surface area (Å²) in [5, 5.41) is 3.42. The molecule has 0 spiro atoms. The summed E-state index contributed by atoms with van der Waals surface area (Å²) < 4.78 is 6.47. The highest BCUT2D eigenvalue weighted by atomic mass is 127. The molecule has 0 radical (unpaired) electrons. The van der Waals surface area contributed by atoms with Crippen LogP contribution in [0.4, 0.5) is 0 Å². The van der Waals surface area contributed by atoms with Gasteiger partial charge in [-0.3, -0.25) is 9.79 Å². The Bertz CT molecular complexity index is 547. The van der Waals surface area contributed by atoms with Gasteiger partial charge >= 0.3 is 5.97 Å². The Labute approximate surface area is 155 Å². The molecule has 0 bridgehead atoms. The summed E-state index contributed by atoms with van der Waals surface area (Å²) in [5.74, 6) is 0.757. The summed E-state index contributed by atoms with van der Waals surface area (Å²) in [6, 6.07) is 4.32. The molecule has 1 N–H and O–H groups in total. The maximum Gasteiger partial charge on any atom is 0.310 e. The molecule has 1 aromatic heterocycles. The van der Waals surface area contributed by atoms with Gasteiger partial charge in [-0.15, -0.1) is 11.3 Å². The van der Waals surface area contributed by atoms with Crippen molar-refractivity contribution in [3.05, 3.63) is 19.9 Å². The number of hydrogen-bond donors (Lipinski definition) is 1. The molecule has 128 valence electrons. The van der Waals surface area contributed by atoms with Crippen molar-refractivity contribution in [2.24, 2.45) is 10.9 Å². The van der Waals surface area contributed by atoms with E-state index in [9.17, 15) is 4.79 Å². The van der Waals surface area contributed by atoms with Gasteiger partial charge in [-0.2, -0.15) is 0 Å². The molecule has 2 heterocycles. The van der Waals surface area contributed by atoms with Crippen LogP contribution in [-0.4, -0.2) is 50.1 Å². The molecule has 1 fully saturated rings. The minimum absolute atomic E-state index is 0.0406. The fraction of sp³-hybridized carbons (Fsp3) is 0.625. The van der Waals surface area contributed by atoms with Crippen LogP contribution < -0.4 is 5.32 Å². The van der Waals surface area contributed by atoms with Crippen LogP contribution in [-0.2, 0) is 16.0 Å². The molecule has 1 aromatic rings. The lowest BCUT2D eigenvalue weighted by molar-refractivity contribution is -0.149. The Morgan fingerprint density at radius 3 is 3.04 bits per heavy atom. The number of piperidine rings is 1. The number of carbonyl (C=O) groups is 1. The van der Waals surface area contributed by atoms with Crippen molar-refractivity contribution in [1.29, 1.82) is 0 Å². The van der Waals surface area contributed by atoms with Crippen molar-refractivity contribution >= 4 is 45.9 Å². The molecule has 0 saturated carbocycles. The number of thiophene rings is 1. The fourth-order valence-electron chi connectivity index (χ4n) is 2.74. The number of likely N-dealkylation sites (tertiary alicyclic amines) is 1. The molecular formula is C16H24IN3O2S. The Morgan fingerprint density at radius 2 is 2.39 bits per heavy atom. The van der Waals surface area contributed by atoms with Gasteiger partial charge in [0.1, 0.15) is 0 Å². The summed E-state index contributed by atoms with van der Waals surface area (Å²) in [6.07, 6.45) is 2.88. The zero-order valence-electron chi connectivity index (χ0n) is 13.7. The first-order valence-electron chi connectivity index (χ1n) is 8.00. The van der Waals surface area contributed by atoms with Crippen molar-refractivity contribution in [2.75, 3.05) is 33.3 Å². The van der Waals surface area contributed by atoms with Gasteiger partial charge in [0.2, 0.25) is 0 Å². The molecule has 2 rings (SSSR count). The molecular weight excluding hydrogens is 425 g/mol. The van der Waals surface area contributed by atoms with E-state index in [1.165, 1.54) is 7.76 Å². The van der Waals surface area contributed by atoms with Crippen molar-refractivity contribution in [1.82, 2.24) is 10.2 Å². The number of carbonyl (C=O) groups excluding carboxylic acids is 1. The molecule has 1 saturated heterocycles. The maximum atomic E-state index is 11.9. The highest BCUT2D eigenvalue weighted by molar-refractivity contribution is 14.1. The van der Waals surface area contributed by atoms with E-state index in [0.717, 1.165) is 38.3 Å². The number of halogens is 1. The smallest absolute Gasteiger partial charge is 0.310 e. The lowest BCUT2D eigenvalue weighted by Crippen LogP contribution is -2.48. The fourth-order valence-corrected chi connectivity index (χ4v) is 4.49. The van der Waals surface area contributed by atoms with E-state index >= 15 is 0 Å². The van der Waals surface area contributed by atoms with E-state index in [1.54, 1.807) is 7.05 Å². The summed E-state index contributed by atoms with van der Waals surface area (Å²) in [7, 11) is 1.80. The number of hydrogen-bond acceptors (Lipinski definition) is 4. The lowest BCUT2D eigenvalue weighted by Gasteiger charge is -2.33. The lowest BCUT2D eigenvalue weighted by atomic mass is 9.98. The van der Waals surface area contributed by atoms with Gasteiger partial charge in [0, 0.05) is 31.6 Å². The van der Waals surface area contributed by atoms with Crippen LogP contribution in [0, 0.1) is 8.80 Å². The topological polar surface area (TPSA) is 53.9 Å². The second kappa shape index (κ2) is 9.46. The standard InChI is InChI=1S/C16H24IN3O2S/c1-3-22-15(21)12-5-4-10-20(11-12)16(18-2)19-9-8-13-6-7-14(17)23-13/h6-7,12H,3-5,8-11H2,1-2H3,(H,18,19). The number of aliphatic imine (C=N–C) groups is 1. The van der Waals surface area contributed by atoms with Gasteiger partial charge in [-0.1, -0.05) is 0 Å². The molecule has 0 amide bonds. The summed E-state index contributed by atoms with van der Waals surface area (Å²) in [5.41, 5.74) is 0. The second-order valence-electron chi connectivity index (χ2n) is 5.47. The highest BCUT2D eigenvalue weighted by Crippen LogP contribution is 2.19. The largest absolute Gasteiger partial charge is 0.466 e. The Hall–Kier alpha value is -0.830. The molecule has 7 heteroatoms. The summed E-state index contributed by atoms with van der Waals surface area (Å²) >= 11 is 4.17. The van der Waals surface area contributed by atoms with E-state index in [0.29, 0.717) is 13.2 Å². The molecule has 1 aliphatic rings. The van der Waals surface area contributed by atoms with Gasteiger partial charge in [-0.05, 0) is 60.9 Å². The SMILES string of the molecule is CCOC(=O)C1CCCN(C(=NC)NCCc2ccc(I)s2)C1. The first kappa shape index (κ1) is 18.5. The predicted octanol–water partition coefficient (Wildman–Crippen LogP) is 2.75. The number of guanidine groups is 1. The third-order valence-corrected chi connectivity index (χ3v) is 5.79. The van der Waals surface area contributed by atoms with Crippen LogP contribution in [0.15, 0.2) is 17.1 Å². The minimum Gasteiger partial charge on any atom is -0.466 e. The van der Waals surface area contributed by atoms with Crippen molar-refractivity contribution in [2.45, 2.75) is 26.2 Å². The van der Waals surface area contributed by atoms with Crippen molar-refractivity contribution in [3.8, 4) is 0 Å². The summed E-state index contributed by atoms with van der Waals surface area (Å²) in [6.45, 7) is 4.78. The van der Waals surface area contributed by atoms with Crippen LogP contribution in [0.1, 0.15) is 24.6 Å². The van der Waals surface area contributed by atoms with Crippen LogP contribution in [0.25, 0.3) is 0 Å². The number of nitrogens with zero attached hydrogens (tertiary/aromatic N) is 2. The van der Waals surface area contributed by atoms with Gasteiger partial charge in [-0.25, -0.2) is 0 Å². The number of ether oxygens (including phenoxy) is 1. The second-order valence-corrected chi connectivity index (χ2v) is 8.53. The van der Waals surface area contributed by atoms with Crippen molar-refractivity contribution < 1.29 is 9.53 Å². The Balaban J connectivity index is 1.83. The monoisotopic (exact) mass is 449 g/mol.